The molecule has 2 N–H and O–H groups in total. The number of thioether (sulfide) groups is 1. The van der Waals surface area contributed by atoms with E-state index in [2.05, 4.69) is 16.3 Å². The van der Waals surface area contributed by atoms with E-state index in [9.17, 15) is 0 Å². The van der Waals surface area contributed by atoms with Gasteiger partial charge in [0, 0.05) is 18.2 Å². The van der Waals surface area contributed by atoms with E-state index in [0.717, 1.165) is 22.3 Å². The van der Waals surface area contributed by atoms with Crippen LogP contribution >= 0.6 is 23.3 Å². The lowest BCUT2D eigenvalue weighted by atomic mass is 10.4. The molecule has 1 heterocycles. The lowest BCUT2D eigenvalue weighted by molar-refractivity contribution is 0.846. The molecule has 0 aromatic carbocycles. The molecule has 0 saturated heterocycles. The molecule has 0 aliphatic rings. The number of aryl methyl sites for hydroxylation is 1. The van der Waals surface area contributed by atoms with Crippen LogP contribution in [0.15, 0.2) is 4.34 Å². The molecule has 0 radical (unpaired) electrons. The van der Waals surface area contributed by atoms with Crippen molar-refractivity contribution in [3.8, 4) is 0 Å². The van der Waals surface area contributed by atoms with Crippen LogP contribution in [0.2, 0.25) is 0 Å². The molecule has 0 amide bonds. The number of rotatable bonds is 4. The Balaban J connectivity index is 2.41. The summed E-state index contributed by atoms with van der Waals surface area (Å²) in [6.07, 6.45) is 0.912. The number of nitrogens with two attached hydrogens (primary N) is 1. The van der Waals surface area contributed by atoms with E-state index in [1.165, 1.54) is 11.5 Å². The van der Waals surface area contributed by atoms with Gasteiger partial charge in [0.1, 0.15) is 5.82 Å². The number of nitrogens with zero attached hydrogens (tertiary/aromatic N) is 2. The fourth-order valence-electron chi connectivity index (χ4n) is 0.643. The van der Waals surface area contributed by atoms with E-state index in [4.69, 9.17) is 5.73 Å². The van der Waals surface area contributed by atoms with Gasteiger partial charge in [0.15, 0.2) is 4.34 Å². The highest BCUT2D eigenvalue weighted by molar-refractivity contribution is 8.00. The summed E-state index contributed by atoms with van der Waals surface area (Å²) >= 11 is 3.15. The highest BCUT2D eigenvalue weighted by Crippen LogP contribution is 2.20. The average molecular weight is 203 g/mol. The molecule has 12 heavy (non-hydrogen) atoms. The van der Waals surface area contributed by atoms with Gasteiger partial charge in [-0.05, 0) is 18.5 Å². The normalized spacial score (nSPS) is 13.2. The average Bonchev–Trinajstić information content (AvgIpc) is 2.48. The van der Waals surface area contributed by atoms with Crippen molar-refractivity contribution in [1.82, 2.24) is 9.36 Å². The third-order valence-corrected chi connectivity index (χ3v) is 3.39. The Morgan fingerprint density at radius 3 is 2.92 bits per heavy atom. The molecule has 0 spiro atoms. The quantitative estimate of drug-likeness (QED) is 0.754. The molecule has 5 heteroatoms. The van der Waals surface area contributed by atoms with Crippen molar-refractivity contribution in [3.05, 3.63) is 5.82 Å². The van der Waals surface area contributed by atoms with Crippen molar-refractivity contribution >= 4 is 23.3 Å². The fourth-order valence-corrected chi connectivity index (χ4v) is 2.24. The van der Waals surface area contributed by atoms with Crippen LogP contribution in [0.3, 0.4) is 0 Å². The standard InChI is InChI=1S/C7H13N3S2/c1-3-6-9-7(12-10-6)11-4-5(2)8/h5H,3-4,8H2,1-2H3/t5-/m0/s1. The second kappa shape index (κ2) is 4.79. The highest BCUT2D eigenvalue weighted by Gasteiger charge is 2.03. The van der Waals surface area contributed by atoms with Gasteiger partial charge in [0.25, 0.3) is 0 Å². The summed E-state index contributed by atoms with van der Waals surface area (Å²) < 4.78 is 5.21. The highest BCUT2D eigenvalue weighted by atomic mass is 32.2. The van der Waals surface area contributed by atoms with Crippen molar-refractivity contribution in [2.75, 3.05) is 5.75 Å². The second-order valence-electron chi connectivity index (χ2n) is 2.62. The molecule has 3 nitrogen and oxygen atoms in total. The third kappa shape index (κ3) is 3.08. The van der Waals surface area contributed by atoms with Crippen LogP contribution in [-0.4, -0.2) is 21.2 Å². The van der Waals surface area contributed by atoms with E-state index in [-0.39, 0.29) is 6.04 Å². The topological polar surface area (TPSA) is 51.8 Å². The van der Waals surface area contributed by atoms with E-state index in [0.29, 0.717) is 0 Å². The van der Waals surface area contributed by atoms with Crippen molar-refractivity contribution in [2.45, 2.75) is 30.6 Å². The summed E-state index contributed by atoms with van der Waals surface area (Å²) in [4.78, 5) is 4.32. The monoisotopic (exact) mass is 203 g/mol. The van der Waals surface area contributed by atoms with Crippen LogP contribution in [0.4, 0.5) is 0 Å². The van der Waals surface area contributed by atoms with Crippen molar-refractivity contribution in [2.24, 2.45) is 5.73 Å². The SMILES string of the molecule is CCc1nsc(SC[C@H](C)N)n1. The Morgan fingerprint density at radius 1 is 1.67 bits per heavy atom. The Morgan fingerprint density at radius 2 is 2.42 bits per heavy atom. The zero-order chi connectivity index (χ0) is 8.97. The number of hydrogen-bond donors (Lipinski definition) is 1. The number of aromatic nitrogens is 2. The van der Waals surface area contributed by atoms with Crippen LogP contribution in [0.25, 0.3) is 0 Å². The van der Waals surface area contributed by atoms with Gasteiger partial charge in [0.05, 0.1) is 0 Å². The van der Waals surface area contributed by atoms with Crippen molar-refractivity contribution in [3.63, 3.8) is 0 Å². The maximum absolute atomic E-state index is 5.62. The molecule has 1 rings (SSSR count). The van der Waals surface area contributed by atoms with E-state index >= 15 is 0 Å². The Kier molecular flexibility index (Phi) is 3.97. The molecule has 1 aromatic heterocycles. The Bertz CT molecular complexity index is 234. The van der Waals surface area contributed by atoms with Gasteiger partial charge in [-0.15, -0.1) is 0 Å². The molecule has 0 aliphatic carbocycles. The molecule has 0 aliphatic heterocycles. The third-order valence-electron chi connectivity index (χ3n) is 1.24. The zero-order valence-electron chi connectivity index (χ0n) is 7.28. The largest absolute Gasteiger partial charge is 0.327 e. The van der Waals surface area contributed by atoms with E-state index in [1.807, 2.05) is 6.92 Å². The number of hydrogen-bond acceptors (Lipinski definition) is 5. The lowest BCUT2D eigenvalue weighted by Crippen LogP contribution is -2.17. The first-order valence-corrected chi connectivity index (χ1v) is 5.69. The summed E-state index contributed by atoms with van der Waals surface area (Å²) in [5, 5.41) is 0. The molecular weight excluding hydrogens is 190 g/mol. The fraction of sp³-hybridized carbons (Fsp3) is 0.714. The first-order chi connectivity index (χ1) is 5.72. The van der Waals surface area contributed by atoms with Gasteiger partial charge in [0.2, 0.25) is 0 Å². The van der Waals surface area contributed by atoms with Gasteiger partial charge in [-0.25, -0.2) is 4.98 Å². The molecule has 0 unspecified atom stereocenters. The van der Waals surface area contributed by atoms with Crippen molar-refractivity contribution in [1.29, 1.82) is 0 Å². The minimum absolute atomic E-state index is 0.226. The summed E-state index contributed by atoms with van der Waals surface area (Å²) in [7, 11) is 0. The molecule has 0 bridgehead atoms. The Hall–Kier alpha value is -0.130. The molecule has 1 atom stereocenters. The van der Waals surface area contributed by atoms with Crippen LogP contribution in [0.5, 0.6) is 0 Å². The summed E-state index contributed by atoms with van der Waals surface area (Å²) in [6.45, 7) is 4.05. The van der Waals surface area contributed by atoms with E-state index < -0.39 is 0 Å². The smallest absolute Gasteiger partial charge is 0.170 e. The second-order valence-corrected chi connectivity index (χ2v) is 4.64. The molecule has 0 fully saturated rings. The first kappa shape index (κ1) is 9.95. The van der Waals surface area contributed by atoms with E-state index in [1.54, 1.807) is 11.8 Å². The van der Waals surface area contributed by atoms with Gasteiger partial charge < -0.3 is 5.73 Å². The molecule has 1 aromatic rings. The summed E-state index contributed by atoms with van der Waals surface area (Å²) in [5.41, 5.74) is 5.62. The predicted molar refractivity (Wildman–Crippen MR) is 53.7 cm³/mol. The summed E-state index contributed by atoms with van der Waals surface area (Å²) in [5.74, 6) is 1.85. The van der Waals surface area contributed by atoms with Crippen LogP contribution in [0, 0.1) is 0 Å². The predicted octanol–water partition coefficient (Wildman–Crippen LogP) is 1.54. The summed E-state index contributed by atoms with van der Waals surface area (Å²) in [6, 6.07) is 0.226. The van der Waals surface area contributed by atoms with Gasteiger partial charge in [-0.1, -0.05) is 18.7 Å². The van der Waals surface area contributed by atoms with Gasteiger partial charge >= 0.3 is 0 Å². The first-order valence-electron chi connectivity index (χ1n) is 3.93. The van der Waals surface area contributed by atoms with Crippen LogP contribution < -0.4 is 5.73 Å². The van der Waals surface area contributed by atoms with Crippen LogP contribution in [0.1, 0.15) is 19.7 Å². The maximum atomic E-state index is 5.62. The van der Waals surface area contributed by atoms with Crippen LogP contribution in [-0.2, 0) is 6.42 Å². The van der Waals surface area contributed by atoms with Gasteiger partial charge in [-0.3, -0.25) is 0 Å². The van der Waals surface area contributed by atoms with Gasteiger partial charge in [-0.2, -0.15) is 4.37 Å². The van der Waals surface area contributed by atoms with Crippen molar-refractivity contribution < 1.29 is 0 Å². The lowest BCUT2D eigenvalue weighted by Gasteiger charge is -1.99. The minimum Gasteiger partial charge on any atom is -0.327 e. The molecular formula is C7H13N3S2. The molecule has 0 saturated carbocycles. The molecule has 68 valence electrons. The maximum Gasteiger partial charge on any atom is 0.170 e. The Labute approximate surface area is 80.9 Å². The minimum atomic E-state index is 0.226. The zero-order valence-corrected chi connectivity index (χ0v) is 8.91.